The van der Waals surface area contributed by atoms with Gasteiger partial charge in [-0.15, -0.1) is 0 Å². The molecule has 0 saturated heterocycles. The van der Waals surface area contributed by atoms with Crippen LogP contribution in [0.4, 0.5) is 8.78 Å². The number of aliphatic imine (C=N–C) groups is 2. The van der Waals surface area contributed by atoms with Crippen LogP contribution in [0.25, 0.3) is 0 Å². The summed E-state index contributed by atoms with van der Waals surface area (Å²) in [6.45, 7) is 7.76. The summed E-state index contributed by atoms with van der Waals surface area (Å²) in [5.74, 6) is -2.44. The quantitative estimate of drug-likeness (QED) is 0.561. The molecule has 0 aromatic heterocycles. The molecule has 0 aliphatic heterocycles. The highest BCUT2D eigenvalue weighted by molar-refractivity contribution is 5.83. The van der Waals surface area contributed by atoms with Gasteiger partial charge in [0.2, 0.25) is 11.9 Å². The van der Waals surface area contributed by atoms with E-state index in [9.17, 15) is 8.78 Å². The predicted molar refractivity (Wildman–Crippen MR) is 58.2 cm³/mol. The van der Waals surface area contributed by atoms with Crippen LogP contribution in [0.3, 0.4) is 0 Å². The summed E-state index contributed by atoms with van der Waals surface area (Å²) in [6, 6.07) is 0. The second-order valence-corrected chi connectivity index (χ2v) is 3.29. The summed E-state index contributed by atoms with van der Waals surface area (Å²) in [7, 11) is 1.61. The highest BCUT2D eigenvalue weighted by Gasteiger charge is 2.21. The van der Waals surface area contributed by atoms with Crippen molar-refractivity contribution in [3.8, 4) is 0 Å². The molecule has 0 saturated carbocycles. The fraction of sp³-hybridized carbons (Fsp3) is 0.556. The Kier molecular flexibility index (Phi) is 4.90. The third-order valence-electron chi connectivity index (χ3n) is 1.73. The molecule has 0 unspecified atom stereocenters. The number of nitrogens with zero attached hydrogens (tertiary/aromatic N) is 3. The monoisotopic (exact) mass is 218 g/mol. The Balaban J connectivity index is 4.17. The van der Waals surface area contributed by atoms with Crippen LogP contribution in [0.1, 0.15) is 13.3 Å². The molecule has 0 bridgehead atoms. The number of nitrogens with two attached hydrogens (primary N) is 1. The van der Waals surface area contributed by atoms with Crippen molar-refractivity contribution in [3.05, 3.63) is 12.4 Å². The molecule has 0 aliphatic rings. The van der Waals surface area contributed by atoms with Gasteiger partial charge in [-0.3, -0.25) is 0 Å². The minimum Gasteiger partial charge on any atom is -0.368 e. The van der Waals surface area contributed by atoms with Gasteiger partial charge in [-0.05, 0) is 13.6 Å². The molecule has 4 nitrogen and oxygen atoms in total. The molecular weight excluding hydrogens is 202 g/mol. The number of hydrogen-bond acceptors (Lipinski definition) is 2. The van der Waals surface area contributed by atoms with Crippen LogP contribution in [0, 0.1) is 0 Å². The molecule has 0 heterocycles. The third-order valence-corrected chi connectivity index (χ3v) is 1.73. The topological polar surface area (TPSA) is 54.0 Å². The first-order valence-corrected chi connectivity index (χ1v) is 4.35. The van der Waals surface area contributed by atoms with Gasteiger partial charge in [0.05, 0.1) is 0 Å². The fourth-order valence-corrected chi connectivity index (χ4v) is 0.746. The minimum absolute atomic E-state index is 0.0323. The standard InChI is InChI=1S/C9H16F2N4/c1-7(14-8(12)13-3)15(4)6-5-9(2,10)11/h1,3,5-6H2,2,4H3,(H2,12,14). The lowest BCUT2D eigenvalue weighted by atomic mass is 10.2. The predicted octanol–water partition coefficient (Wildman–Crippen LogP) is 1.45. The van der Waals surface area contributed by atoms with E-state index in [0.29, 0.717) is 0 Å². The van der Waals surface area contributed by atoms with Crippen molar-refractivity contribution in [3.63, 3.8) is 0 Å². The van der Waals surface area contributed by atoms with Crippen molar-refractivity contribution < 1.29 is 8.78 Å². The van der Waals surface area contributed by atoms with E-state index in [1.165, 1.54) is 4.90 Å². The molecule has 0 aliphatic carbocycles. The summed E-state index contributed by atoms with van der Waals surface area (Å²) >= 11 is 0. The first-order chi connectivity index (χ1) is 6.76. The van der Waals surface area contributed by atoms with Crippen LogP contribution < -0.4 is 5.73 Å². The van der Waals surface area contributed by atoms with Crippen LogP contribution >= 0.6 is 0 Å². The van der Waals surface area contributed by atoms with Gasteiger partial charge in [0.1, 0.15) is 5.82 Å². The van der Waals surface area contributed by atoms with E-state index >= 15 is 0 Å². The first-order valence-electron chi connectivity index (χ1n) is 4.35. The third kappa shape index (κ3) is 6.59. The van der Waals surface area contributed by atoms with Crippen LogP contribution in [-0.4, -0.2) is 37.1 Å². The zero-order valence-corrected chi connectivity index (χ0v) is 9.00. The van der Waals surface area contributed by atoms with Crippen molar-refractivity contribution in [2.45, 2.75) is 19.3 Å². The summed E-state index contributed by atoms with van der Waals surface area (Å²) < 4.78 is 25.1. The maximum atomic E-state index is 12.5. The molecule has 0 amide bonds. The van der Waals surface area contributed by atoms with E-state index in [2.05, 4.69) is 23.3 Å². The lowest BCUT2D eigenvalue weighted by molar-refractivity contribution is 0.00740. The van der Waals surface area contributed by atoms with E-state index < -0.39 is 5.92 Å². The zero-order valence-electron chi connectivity index (χ0n) is 9.00. The van der Waals surface area contributed by atoms with Gasteiger partial charge in [0, 0.05) is 20.0 Å². The summed E-state index contributed by atoms with van der Waals surface area (Å²) in [5, 5.41) is 0. The van der Waals surface area contributed by atoms with Crippen molar-refractivity contribution in [1.82, 2.24) is 4.90 Å². The molecule has 0 aromatic carbocycles. The van der Waals surface area contributed by atoms with Crippen molar-refractivity contribution in [1.29, 1.82) is 0 Å². The minimum atomic E-state index is -2.69. The highest BCUT2D eigenvalue weighted by atomic mass is 19.3. The lowest BCUT2D eigenvalue weighted by Crippen LogP contribution is -2.24. The van der Waals surface area contributed by atoms with E-state index in [1.54, 1.807) is 7.05 Å². The Labute approximate surface area is 88.2 Å². The lowest BCUT2D eigenvalue weighted by Gasteiger charge is -2.20. The Morgan fingerprint density at radius 1 is 1.53 bits per heavy atom. The summed E-state index contributed by atoms with van der Waals surface area (Å²) in [6.07, 6.45) is -0.264. The average molecular weight is 218 g/mol. The molecule has 6 heteroatoms. The number of rotatable bonds is 5. The van der Waals surface area contributed by atoms with Crippen LogP contribution in [0.2, 0.25) is 0 Å². The maximum absolute atomic E-state index is 12.5. The Bertz CT molecular complexity index is 268. The largest absolute Gasteiger partial charge is 0.368 e. The van der Waals surface area contributed by atoms with E-state index in [-0.39, 0.29) is 24.7 Å². The Morgan fingerprint density at radius 2 is 2.07 bits per heavy atom. The molecule has 0 fully saturated rings. The number of halogens is 2. The van der Waals surface area contributed by atoms with E-state index in [0.717, 1.165) is 6.92 Å². The Hall–Kier alpha value is -1.46. The highest BCUT2D eigenvalue weighted by Crippen LogP contribution is 2.17. The van der Waals surface area contributed by atoms with Gasteiger partial charge in [-0.1, -0.05) is 6.58 Å². The van der Waals surface area contributed by atoms with Gasteiger partial charge in [-0.2, -0.15) is 4.99 Å². The number of guanidine groups is 1. The van der Waals surface area contributed by atoms with Gasteiger partial charge in [0.25, 0.3) is 0 Å². The molecule has 0 spiro atoms. The number of hydrogen-bond donors (Lipinski definition) is 1. The fourth-order valence-electron chi connectivity index (χ4n) is 0.746. The SMILES string of the molecule is C=N/C(N)=N\C(=C)N(C)CCC(C)(F)F. The van der Waals surface area contributed by atoms with Gasteiger partial charge >= 0.3 is 0 Å². The summed E-state index contributed by atoms with van der Waals surface area (Å²) in [5.41, 5.74) is 5.28. The molecular formula is C9H16F2N4. The normalized spacial score (nSPS) is 12.4. The molecule has 0 atom stereocenters. The summed E-state index contributed by atoms with van der Waals surface area (Å²) in [4.78, 5) is 8.59. The molecule has 0 rings (SSSR count). The van der Waals surface area contributed by atoms with Crippen LogP contribution in [-0.2, 0) is 0 Å². The number of alkyl halides is 2. The van der Waals surface area contributed by atoms with E-state index in [4.69, 9.17) is 5.73 Å². The second kappa shape index (κ2) is 5.43. The van der Waals surface area contributed by atoms with Crippen LogP contribution in [0.15, 0.2) is 22.4 Å². The van der Waals surface area contributed by atoms with Crippen LogP contribution in [0.5, 0.6) is 0 Å². The van der Waals surface area contributed by atoms with Gasteiger partial charge in [0.15, 0.2) is 0 Å². The molecule has 15 heavy (non-hydrogen) atoms. The first kappa shape index (κ1) is 13.5. The van der Waals surface area contributed by atoms with Gasteiger partial charge in [-0.25, -0.2) is 13.8 Å². The molecule has 86 valence electrons. The average Bonchev–Trinajstić information content (AvgIpc) is 2.12. The maximum Gasteiger partial charge on any atom is 0.247 e. The Morgan fingerprint density at radius 3 is 2.47 bits per heavy atom. The van der Waals surface area contributed by atoms with Gasteiger partial charge < -0.3 is 10.6 Å². The molecule has 0 radical (unpaired) electrons. The second-order valence-electron chi connectivity index (χ2n) is 3.29. The van der Waals surface area contributed by atoms with Crippen molar-refractivity contribution in [2.75, 3.05) is 13.6 Å². The van der Waals surface area contributed by atoms with Crippen molar-refractivity contribution >= 4 is 12.7 Å². The molecule has 2 N–H and O–H groups in total. The zero-order chi connectivity index (χ0) is 12.1. The van der Waals surface area contributed by atoms with Crippen molar-refractivity contribution in [2.24, 2.45) is 15.7 Å². The molecule has 0 aromatic rings. The van der Waals surface area contributed by atoms with E-state index in [1.807, 2.05) is 0 Å². The smallest absolute Gasteiger partial charge is 0.247 e.